The van der Waals surface area contributed by atoms with E-state index in [-0.39, 0.29) is 11.0 Å². The normalized spacial score (nSPS) is 11.5. The Hall–Kier alpha value is -2.94. The first kappa shape index (κ1) is 17.9. The smallest absolute Gasteiger partial charge is 0.261 e. The van der Waals surface area contributed by atoms with E-state index < -0.39 is 10.0 Å². The summed E-state index contributed by atoms with van der Waals surface area (Å²) in [5, 5.41) is 11.3. The Morgan fingerprint density at radius 2 is 1.69 bits per heavy atom. The van der Waals surface area contributed by atoms with Gasteiger partial charge in [-0.3, -0.25) is 4.72 Å². The Kier molecular flexibility index (Phi) is 4.90. The molecule has 0 amide bonds. The summed E-state index contributed by atoms with van der Waals surface area (Å²) >= 11 is 0. The maximum Gasteiger partial charge on any atom is 0.261 e. The van der Waals surface area contributed by atoms with Crippen LogP contribution < -0.4 is 9.46 Å². The maximum absolute atomic E-state index is 12.5. The Balaban J connectivity index is 1.76. The summed E-state index contributed by atoms with van der Waals surface area (Å²) < 4.78 is 34.7. The predicted octanol–water partition coefficient (Wildman–Crippen LogP) is 2.47. The number of aryl methyl sites for hydroxylation is 1. The fraction of sp³-hybridized carbons (Fsp3) is 0.235. The number of nitrogens with zero attached hydrogens (tertiary/aromatic N) is 4. The van der Waals surface area contributed by atoms with Crippen LogP contribution in [-0.2, 0) is 17.1 Å². The van der Waals surface area contributed by atoms with E-state index in [2.05, 4.69) is 20.2 Å². The molecule has 9 heteroatoms. The fourth-order valence-corrected chi connectivity index (χ4v) is 3.40. The van der Waals surface area contributed by atoms with Gasteiger partial charge in [0.1, 0.15) is 5.75 Å². The highest BCUT2D eigenvalue weighted by atomic mass is 32.2. The molecule has 0 aliphatic rings. The van der Waals surface area contributed by atoms with E-state index in [1.807, 2.05) is 13.8 Å². The van der Waals surface area contributed by atoms with Crippen molar-refractivity contribution in [3.63, 3.8) is 0 Å². The number of sulfonamides is 1. The van der Waals surface area contributed by atoms with Crippen LogP contribution in [0, 0.1) is 0 Å². The van der Waals surface area contributed by atoms with Crippen LogP contribution in [0.4, 0.5) is 5.69 Å². The minimum absolute atomic E-state index is 0.0261. The molecule has 1 aromatic heterocycles. The zero-order valence-corrected chi connectivity index (χ0v) is 15.4. The van der Waals surface area contributed by atoms with Gasteiger partial charge in [0.05, 0.1) is 11.0 Å². The van der Waals surface area contributed by atoms with E-state index in [1.165, 1.54) is 12.1 Å². The van der Waals surface area contributed by atoms with Gasteiger partial charge in [0.15, 0.2) is 5.82 Å². The number of tetrazole rings is 1. The van der Waals surface area contributed by atoms with Crippen LogP contribution in [0.1, 0.15) is 13.8 Å². The second-order valence-electron chi connectivity index (χ2n) is 5.95. The monoisotopic (exact) mass is 373 g/mol. The van der Waals surface area contributed by atoms with Gasteiger partial charge in [-0.25, -0.2) is 13.1 Å². The first-order valence-electron chi connectivity index (χ1n) is 7.97. The van der Waals surface area contributed by atoms with Crippen molar-refractivity contribution in [2.75, 3.05) is 4.72 Å². The van der Waals surface area contributed by atoms with Gasteiger partial charge >= 0.3 is 0 Å². The Morgan fingerprint density at radius 3 is 2.23 bits per heavy atom. The van der Waals surface area contributed by atoms with Crippen LogP contribution in [0.25, 0.3) is 11.4 Å². The van der Waals surface area contributed by atoms with E-state index in [0.29, 0.717) is 17.3 Å². The van der Waals surface area contributed by atoms with Crippen LogP contribution in [-0.4, -0.2) is 34.7 Å². The highest BCUT2D eigenvalue weighted by Gasteiger charge is 2.15. The first-order chi connectivity index (χ1) is 12.3. The zero-order chi connectivity index (χ0) is 18.7. The van der Waals surface area contributed by atoms with Crippen LogP contribution in [0.5, 0.6) is 5.75 Å². The molecule has 1 N–H and O–H groups in total. The largest absolute Gasteiger partial charge is 0.491 e. The molecule has 0 bridgehead atoms. The summed E-state index contributed by atoms with van der Waals surface area (Å²) in [5.74, 6) is 1.22. The van der Waals surface area contributed by atoms with Crippen molar-refractivity contribution in [3.05, 3.63) is 48.5 Å². The second-order valence-corrected chi connectivity index (χ2v) is 7.63. The Labute approximate surface area is 151 Å². The number of benzene rings is 2. The Bertz CT molecular complexity index is 980. The highest BCUT2D eigenvalue weighted by Crippen LogP contribution is 2.22. The average molecular weight is 373 g/mol. The molecule has 3 aromatic rings. The molecule has 0 saturated heterocycles. The quantitative estimate of drug-likeness (QED) is 0.713. The van der Waals surface area contributed by atoms with E-state index in [4.69, 9.17) is 4.74 Å². The lowest BCUT2D eigenvalue weighted by molar-refractivity contribution is 0.242. The van der Waals surface area contributed by atoms with E-state index in [1.54, 1.807) is 48.1 Å². The molecule has 0 aliphatic carbocycles. The SMILES string of the molecule is CC(C)Oc1ccc(S(=O)(=O)Nc2ccc(-c3nnnn3C)cc2)cc1. The van der Waals surface area contributed by atoms with Crippen LogP contribution in [0.2, 0.25) is 0 Å². The number of nitrogens with one attached hydrogen (secondary N) is 1. The summed E-state index contributed by atoms with van der Waals surface area (Å²) in [4.78, 5) is 0.162. The number of aromatic nitrogens is 4. The summed E-state index contributed by atoms with van der Waals surface area (Å²) in [7, 11) is -1.95. The van der Waals surface area contributed by atoms with E-state index in [9.17, 15) is 8.42 Å². The molecule has 136 valence electrons. The van der Waals surface area contributed by atoms with Crippen molar-refractivity contribution >= 4 is 15.7 Å². The molecule has 8 nitrogen and oxygen atoms in total. The third kappa shape index (κ3) is 3.99. The fourth-order valence-electron chi connectivity index (χ4n) is 2.34. The predicted molar refractivity (Wildman–Crippen MR) is 97.2 cm³/mol. The van der Waals surface area contributed by atoms with Crippen LogP contribution in [0.3, 0.4) is 0 Å². The van der Waals surface area contributed by atoms with Gasteiger partial charge in [-0.05, 0) is 72.8 Å². The van der Waals surface area contributed by atoms with Gasteiger partial charge in [0.2, 0.25) is 0 Å². The lowest BCUT2D eigenvalue weighted by Crippen LogP contribution is -2.13. The third-order valence-electron chi connectivity index (χ3n) is 3.52. The molecular formula is C17H19N5O3S. The molecule has 2 aromatic carbocycles. The molecule has 0 unspecified atom stereocenters. The number of hydrogen-bond donors (Lipinski definition) is 1. The van der Waals surface area contributed by atoms with Gasteiger partial charge in [-0.2, -0.15) is 0 Å². The molecule has 1 heterocycles. The lowest BCUT2D eigenvalue weighted by Gasteiger charge is -2.11. The number of rotatable bonds is 6. The summed E-state index contributed by atoms with van der Waals surface area (Å²) in [6.45, 7) is 3.82. The van der Waals surface area contributed by atoms with Crippen molar-refractivity contribution < 1.29 is 13.2 Å². The lowest BCUT2D eigenvalue weighted by atomic mass is 10.2. The van der Waals surface area contributed by atoms with Gasteiger partial charge in [-0.1, -0.05) is 0 Å². The molecule has 0 saturated carbocycles. The van der Waals surface area contributed by atoms with Crippen molar-refractivity contribution in [2.45, 2.75) is 24.8 Å². The average Bonchev–Trinajstić information content (AvgIpc) is 3.01. The van der Waals surface area contributed by atoms with Crippen molar-refractivity contribution in [3.8, 4) is 17.1 Å². The Morgan fingerprint density at radius 1 is 1.04 bits per heavy atom. The van der Waals surface area contributed by atoms with Gasteiger partial charge in [0.25, 0.3) is 10.0 Å². The maximum atomic E-state index is 12.5. The highest BCUT2D eigenvalue weighted by molar-refractivity contribution is 7.92. The van der Waals surface area contributed by atoms with Gasteiger partial charge < -0.3 is 4.74 Å². The summed E-state index contributed by atoms with van der Waals surface area (Å²) in [6.07, 6.45) is 0.0261. The van der Waals surface area contributed by atoms with Crippen LogP contribution in [0.15, 0.2) is 53.4 Å². The number of anilines is 1. The molecule has 0 atom stereocenters. The summed E-state index contributed by atoms with van der Waals surface area (Å²) in [6, 6.07) is 13.1. The van der Waals surface area contributed by atoms with Crippen molar-refractivity contribution in [1.29, 1.82) is 0 Å². The number of hydrogen-bond acceptors (Lipinski definition) is 6. The summed E-state index contributed by atoms with van der Waals surface area (Å²) in [5.41, 5.74) is 1.24. The van der Waals surface area contributed by atoms with Gasteiger partial charge in [-0.15, -0.1) is 5.10 Å². The topological polar surface area (TPSA) is 99.0 Å². The third-order valence-corrected chi connectivity index (χ3v) is 4.92. The van der Waals surface area contributed by atoms with Gasteiger partial charge in [0, 0.05) is 18.3 Å². The molecule has 26 heavy (non-hydrogen) atoms. The molecule has 3 rings (SSSR count). The minimum Gasteiger partial charge on any atom is -0.491 e. The molecule has 0 spiro atoms. The second kappa shape index (κ2) is 7.12. The molecule has 0 fully saturated rings. The van der Waals surface area contributed by atoms with E-state index in [0.717, 1.165) is 5.56 Å². The minimum atomic E-state index is -3.68. The first-order valence-corrected chi connectivity index (χ1v) is 9.46. The standard InChI is InChI=1S/C17H19N5O3S/c1-12(2)25-15-8-10-16(11-9-15)26(23,24)19-14-6-4-13(5-7-14)17-18-20-21-22(17)3/h4-12,19H,1-3H3. The van der Waals surface area contributed by atoms with E-state index >= 15 is 0 Å². The number of ether oxygens (including phenoxy) is 1. The van der Waals surface area contributed by atoms with Crippen molar-refractivity contribution in [2.24, 2.45) is 7.05 Å². The van der Waals surface area contributed by atoms with Crippen LogP contribution >= 0.6 is 0 Å². The molecule has 0 radical (unpaired) electrons. The van der Waals surface area contributed by atoms with Crippen molar-refractivity contribution in [1.82, 2.24) is 20.2 Å². The molecule has 0 aliphatic heterocycles. The zero-order valence-electron chi connectivity index (χ0n) is 14.6. The molecular weight excluding hydrogens is 354 g/mol.